The fourth-order valence-corrected chi connectivity index (χ4v) is 3.03. The van der Waals surface area contributed by atoms with Crippen molar-refractivity contribution in [3.05, 3.63) is 24.3 Å². The minimum absolute atomic E-state index is 0.283. The predicted octanol–water partition coefficient (Wildman–Crippen LogP) is 2.74. The lowest BCUT2D eigenvalue weighted by Crippen LogP contribution is -2.42. The molecule has 0 bridgehead atoms. The van der Waals surface area contributed by atoms with Gasteiger partial charge in [-0.2, -0.15) is 0 Å². The topological polar surface area (TPSA) is 49.5 Å². The van der Waals surface area contributed by atoms with E-state index < -0.39 is 0 Å². The fourth-order valence-electron chi connectivity index (χ4n) is 3.03. The molecule has 0 aliphatic heterocycles. The summed E-state index contributed by atoms with van der Waals surface area (Å²) in [5.41, 5.74) is 7.45. The predicted molar refractivity (Wildman–Crippen MR) is 75.9 cm³/mol. The Balaban J connectivity index is 2.04. The molecule has 2 rings (SSSR count). The van der Waals surface area contributed by atoms with Gasteiger partial charge in [0.2, 0.25) is 0 Å². The van der Waals surface area contributed by atoms with Crippen molar-refractivity contribution in [3.63, 3.8) is 0 Å². The molecule has 0 heterocycles. The maximum absolute atomic E-state index is 9.32. The molecule has 0 unspecified atom stereocenters. The monoisotopic (exact) mass is 248 g/mol. The summed E-state index contributed by atoms with van der Waals surface area (Å²) in [6.45, 7) is 1.78. The van der Waals surface area contributed by atoms with Crippen molar-refractivity contribution in [2.45, 2.75) is 32.1 Å². The van der Waals surface area contributed by atoms with Crippen molar-refractivity contribution in [3.8, 4) is 5.75 Å². The van der Waals surface area contributed by atoms with Crippen LogP contribution in [0.25, 0.3) is 0 Å². The molecule has 0 saturated heterocycles. The molecule has 0 amide bonds. The van der Waals surface area contributed by atoms with Crippen LogP contribution in [0.2, 0.25) is 0 Å². The number of phenols is 1. The third kappa shape index (κ3) is 2.96. The highest BCUT2D eigenvalue weighted by atomic mass is 16.3. The van der Waals surface area contributed by atoms with E-state index in [0.717, 1.165) is 18.8 Å². The van der Waals surface area contributed by atoms with Crippen LogP contribution >= 0.6 is 0 Å². The van der Waals surface area contributed by atoms with Crippen LogP contribution < -0.4 is 10.6 Å². The number of rotatable bonds is 4. The van der Waals surface area contributed by atoms with Crippen molar-refractivity contribution in [1.82, 2.24) is 0 Å². The van der Waals surface area contributed by atoms with Crippen LogP contribution in [0, 0.1) is 5.41 Å². The Bertz CT molecular complexity index is 369. The standard InChI is InChI=1S/C15H24N2O/c1-17(13-5-7-14(18)8-6-13)12-15(11-16)9-3-2-4-10-15/h5-8,18H,2-4,9-12,16H2,1H3. The molecule has 1 saturated carbocycles. The third-order valence-corrected chi connectivity index (χ3v) is 4.21. The van der Waals surface area contributed by atoms with E-state index in [-0.39, 0.29) is 5.41 Å². The summed E-state index contributed by atoms with van der Waals surface area (Å²) in [6, 6.07) is 7.40. The van der Waals surface area contributed by atoms with Gasteiger partial charge >= 0.3 is 0 Å². The minimum Gasteiger partial charge on any atom is -0.508 e. The zero-order chi connectivity index (χ0) is 13.0. The van der Waals surface area contributed by atoms with Crippen LogP contribution in [0.1, 0.15) is 32.1 Å². The molecule has 0 aromatic heterocycles. The van der Waals surface area contributed by atoms with E-state index in [9.17, 15) is 5.11 Å². The zero-order valence-corrected chi connectivity index (χ0v) is 11.2. The van der Waals surface area contributed by atoms with Crippen molar-refractivity contribution in [2.24, 2.45) is 11.1 Å². The van der Waals surface area contributed by atoms with Gasteiger partial charge in [-0.3, -0.25) is 0 Å². The average Bonchev–Trinajstić information content (AvgIpc) is 2.40. The maximum Gasteiger partial charge on any atom is 0.115 e. The molecule has 3 heteroatoms. The molecule has 1 aliphatic rings. The van der Waals surface area contributed by atoms with Crippen LogP contribution in [0.3, 0.4) is 0 Å². The van der Waals surface area contributed by atoms with Crippen LogP contribution in [0.5, 0.6) is 5.75 Å². The molecular formula is C15H24N2O. The van der Waals surface area contributed by atoms with E-state index in [1.807, 2.05) is 12.1 Å². The van der Waals surface area contributed by atoms with Crippen LogP contribution in [0.4, 0.5) is 5.69 Å². The first-order valence-electron chi connectivity index (χ1n) is 6.85. The van der Waals surface area contributed by atoms with Crippen LogP contribution in [0.15, 0.2) is 24.3 Å². The van der Waals surface area contributed by atoms with E-state index in [2.05, 4.69) is 11.9 Å². The quantitative estimate of drug-likeness (QED) is 0.861. The highest BCUT2D eigenvalue weighted by molar-refractivity contribution is 5.48. The van der Waals surface area contributed by atoms with E-state index in [4.69, 9.17) is 5.73 Å². The summed E-state index contributed by atoms with van der Waals surface area (Å²) < 4.78 is 0. The van der Waals surface area contributed by atoms with E-state index in [1.54, 1.807) is 12.1 Å². The number of benzene rings is 1. The smallest absolute Gasteiger partial charge is 0.115 e. The average molecular weight is 248 g/mol. The van der Waals surface area contributed by atoms with E-state index in [1.165, 1.54) is 32.1 Å². The molecule has 1 aliphatic carbocycles. The summed E-state index contributed by atoms with van der Waals surface area (Å²) >= 11 is 0. The number of hydrogen-bond acceptors (Lipinski definition) is 3. The van der Waals surface area contributed by atoms with Gasteiger partial charge in [0.05, 0.1) is 0 Å². The molecule has 1 fully saturated rings. The van der Waals surface area contributed by atoms with Gasteiger partial charge in [-0.1, -0.05) is 19.3 Å². The first kappa shape index (κ1) is 13.2. The van der Waals surface area contributed by atoms with Gasteiger partial charge in [0.25, 0.3) is 0 Å². The van der Waals surface area contributed by atoms with Crippen LogP contribution in [-0.4, -0.2) is 25.2 Å². The molecule has 18 heavy (non-hydrogen) atoms. The lowest BCUT2D eigenvalue weighted by Gasteiger charge is -2.40. The summed E-state index contributed by atoms with van der Waals surface area (Å²) in [7, 11) is 2.11. The van der Waals surface area contributed by atoms with E-state index in [0.29, 0.717) is 5.75 Å². The fraction of sp³-hybridized carbons (Fsp3) is 0.600. The van der Waals surface area contributed by atoms with Gasteiger partial charge in [-0.25, -0.2) is 0 Å². The molecular weight excluding hydrogens is 224 g/mol. The number of nitrogens with zero attached hydrogens (tertiary/aromatic N) is 1. The second-order valence-electron chi connectivity index (χ2n) is 5.64. The van der Waals surface area contributed by atoms with Gasteiger partial charge in [0, 0.05) is 24.7 Å². The lowest BCUT2D eigenvalue weighted by atomic mass is 9.73. The number of hydrogen-bond donors (Lipinski definition) is 2. The molecule has 1 aromatic carbocycles. The number of aromatic hydroxyl groups is 1. The van der Waals surface area contributed by atoms with Gasteiger partial charge in [0.15, 0.2) is 0 Å². The van der Waals surface area contributed by atoms with Gasteiger partial charge in [-0.05, 0) is 43.7 Å². The second kappa shape index (κ2) is 5.61. The highest BCUT2D eigenvalue weighted by Gasteiger charge is 2.31. The number of phenolic OH excluding ortho intramolecular Hbond substituents is 1. The molecule has 100 valence electrons. The maximum atomic E-state index is 9.32. The lowest BCUT2D eigenvalue weighted by molar-refractivity contribution is 0.206. The van der Waals surface area contributed by atoms with Crippen molar-refractivity contribution in [1.29, 1.82) is 0 Å². The second-order valence-corrected chi connectivity index (χ2v) is 5.64. The largest absolute Gasteiger partial charge is 0.508 e. The Labute approximate surface area is 110 Å². The Hall–Kier alpha value is -1.22. The SMILES string of the molecule is CN(CC1(CN)CCCCC1)c1ccc(O)cc1. The van der Waals surface area contributed by atoms with E-state index >= 15 is 0 Å². The van der Waals surface area contributed by atoms with Crippen molar-refractivity contribution < 1.29 is 5.11 Å². The highest BCUT2D eigenvalue weighted by Crippen LogP contribution is 2.36. The summed E-state index contributed by atoms with van der Waals surface area (Å²) in [5, 5.41) is 9.32. The van der Waals surface area contributed by atoms with Gasteiger partial charge < -0.3 is 15.7 Å². The normalized spacial score (nSPS) is 18.6. The van der Waals surface area contributed by atoms with Crippen molar-refractivity contribution in [2.75, 3.05) is 25.0 Å². The summed E-state index contributed by atoms with van der Waals surface area (Å²) in [6.07, 6.45) is 6.45. The Kier molecular flexibility index (Phi) is 4.12. The molecule has 0 atom stereocenters. The van der Waals surface area contributed by atoms with Gasteiger partial charge in [-0.15, -0.1) is 0 Å². The molecule has 3 N–H and O–H groups in total. The minimum atomic E-state index is 0.283. The Morgan fingerprint density at radius 3 is 2.33 bits per heavy atom. The third-order valence-electron chi connectivity index (χ3n) is 4.21. The molecule has 1 aromatic rings. The molecule has 0 spiro atoms. The first-order valence-corrected chi connectivity index (χ1v) is 6.85. The Morgan fingerprint density at radius 2 is 1.78 bits per heavy atom. The Morgan fingerprint density at radius 1 is 1.17 bits per heavy atom. The first-order chi connectivity index (χ1) is 8.65. The number of nitrogens with two attached hydrogens (primary N) is 1. The van der Waals surface area contributed by atoms with Crippen LogP contribution in [-0.2, 0) is 0 Å². The molecule has 0 radical (unpaired) electrons. The van der Waals surface area contributed by atoms with Gasteiger partial charge in [0.1, 0.15) is 5.75 Å². The zero-order valence-electron chi connectivity index (χ0n) is 11.2. The van der Waals surface area contributed by atoms with Crippen molar-refractivity contribution >= 4 is 5.69 Å². The number of anilines is 1. The summed E-state index contributed by atoms with van der Waals surface area (Å²) in [4.78, 5) is 2.26. The summed E-state index contributed by atoms with van der Waals surface area (Å²) in [5.74, 6) is 0.318. The molecule has 3 nitrogen and oxygen atoms in total.